The number of rotatable bonds is 3. The van der Waals surface area contributed by atoms with Crippen LogP contribution in [0.2, 0.25) is 0 Å². The molecule has 0 spiro atoms. The molecule has 0 aliphatic carbocycles. The van der Waals surface area contributed by atoms with E-state index in [1.165, 1.54) is 11.6 Å². The average Bonchev–Trinajstić information content (AvgIpc) is 2.31. The normalized spacial score (nSPS) is 10.2. The van der Waals surface area contributed by atoms with Gasteiger partial charge in [-0.1, -0.05) is 0 Å². The van der Waals surface area contributed by atoms with Gasteiger partial charge in [0.2, 0.25) is 0 Å². The number of H-pyrrole nitrogens is 1. The highest BCUT2D eigenvalue weighted by molar-refractivity contribution is 7.98. The lowest BCUT2D eigenvalue weighted by Crippen LogP contribution is -2.35. The zero-order valence-electron chi connectivity index (χ0n) is 6.42. The molecular formula is C7H13N2S+. The summed E-state index contributed by atoms with van der Waals surface area (Å²) in [6.45, 7) is 3.19. The number of nitrogens with zero attached hydrogens (tertiary/aromatic N) is 1. The monoisotopic (exact) mass is 157 g/mol. The van der Waals surface area contributed by atoms with E-state index < -0.39 is 0 Å². The van der Waals surface area contributed by atoms with Gasteiger partial charge in [-0.05, 0) is 6.26 Å². The van der Waals surface area contributed by atoms with E-state index in [2.05, 4.69) is 28.9 Å². The van der Waals surface area contributed by atoms with Crippen LogP contribution >= 0.6 is 11.8 Å². The molecule has 2 nitrogen and oxygen atoms in total. The van der Waals surface area contributed by atoms with Crippen LogP contribution in [0, 0.1) is 6.92 Å². The van der Waals surface area contributed by atoms with Crippen molar-refractivity contribution in [2.45, 2.75) is 13.5 Å². The van der Waals surface area contributed by atoms with Crippen LogP contribution in [0.25, 0.3) is 0 Å². The van der Waals surface area contributed by atoms with Crippen LogP contribution in [-0.2, 0) is 6.54 Å². The molecule has 1 heterocycles. The van der Waals surface area contributed by atoms with E-state index in [0.717, 1.165) is 6.54 Å². The molecule has 1 aromatic rings. The topological polar surface area (TPSA) is 19.7 Å². The van der Waals surface area contributed by atoms with Crippen LogP contribution in [-0.4, -0.2) is 17.0 Å². The summed E-state index contributed by atoms with van der Waals surface area (Å²) in [4.78, 5) is 3.13. The van der Waals surface area contributed by atoms with Crippen LogP contribution in [0.4, 0.5) is 0 Å². The highest BCUT2D eigenvalue weighted by Crippen LogP contribution is 1.90. The van der Waals surface area contributed by atoms with E-state index in [1.54, 1.807) is 0 Å². The number of nitrogens with one attached hydrogen (secondary N) is 1. The van der Waals surface area contributed by atoms with Gasteiger partial charge in [0.1, 0.15) is 12.4 Å². The first-order valence-electron chi connectivity index (χ1n) is 3.37. The molecule has 1 aromatic heterocycles. The van der Waals surface area contributed by atoms with Crippen molar-refractivity contribution in [3.05, 3.63) is 18.2 Å². The fourth-order valence-corrected chi connectivity index (χ4v) is 1.25. The van der Waals surface area contributed by atoms with Gasteiger partial charge in [-0.2, -0.15) is 11.8 Å². The van der Waals surface area contributed by atoms with Crippen LogP contribution in [0.3, 0.4) is 0 Å². The number of imidazole rings is 1. The van der Waals surface area contributed by atoms with E-state index in [4.69, 9.17) is 0 Å². The molecule has 0 atom stereocenters. The van der Waals surface area contributed by atoms with Crippen LogP contribution in [0.5, 0.6) is 0 Å². The largest absolute Gasteiger partial charge is 0.251 e. The SMILES string of the molecule is CSCC[n+]1cc[nH]c1C. The van der Waals surface area contributed by atoms with Gasteiger partial charge < -0.3 is 0 Å². The zero-order chi connectivity index (χ0) is 7.40. The second-order valence-electron chi connectivity index (χ2n) is 2.23. The maximum absolute atomic E-state index is 3.13. The van der Waals surface area contributed by atoms with Crippen LogP contribution < -0.4 is 4.57 Å². The summed E-state index contributed by atoms with van der Waals surface area (Å²) in [6, 6.07) is 0. The number of aromatic amines is 1. The van der Waals surface area contributed by atoms with Crippen molar-refractivity contribution in [3.63, 3.8) is 0 Å². The quantitative estimate of drug-likeness (QED) is 0.648. The lowest BCUT2D eigenvalue weighted by Gasteiger charge is -1.93. The van der Waals surface area contributed by atoms with Gasteiger partial charge in [0, 0.05) is 12.7 Å². The molecular weight excluding hydrogens is 144 g/mol. The lowest BCUT2D eigenvalue weighted by molar-refractivity contribution is -0.697. The third kappa shape index (κ3) is 1.77. The van der Waals surface area contributed by atoms with Crippen molar-refractivity contribution in [1.29, 1.82) is 0 Å². The molecule has 0 aromatic carbocycles. The van der Waals surface area contributed by atoms with E-state index in [0.29, 0.717) is 0 Å². The fourth-order valence-electron chi connectivity index (χ4n) is 0.874. The van der Waals surface area contributed by atoms with Crippen molar-refractivity contribution in [2.75, 3.05) is 12.0 Å². The minimum absolute atomic E-state index is 1.11. The molecule has 0 aliphatic heterocycles. The molecule has 3 heteroatoms. The van der Waals surface area contributed by atoms with Gasteiger partial charge in [-0.25, -0.2) is 9.55 Å². The average molecular weight is 157 g/mol. The predicted octanol–water partition coefficient (Wildman–Crippen LogP) is 0.974. The Morgan fingerprint density at radius 3 is 3.00 bits per heavy atom. The Balaban J connectivity index is 2.49. The third-order valence-corrected chi connectivity index (χ3v) is 2.10. The molecule has 56 valence electrons. The summed E-state index contributed by atoms with van der Waals surface area (Å²) in [5.74, 6) is 2.41. The molecule has 10 heavy (non-hydrogen) atoms. The summed E-state index contributed by atoms with van der Waals surface area (Å²) < 4.78 is 2.22. The number of aryl methyl sites for hydroxylation is 2. The summed E-state index contributed by atoms with van der Waals surface area (Å²) in [7, 11) is 0. The minimum Gasteiger partial charge on any atom is -0.248 e. The van der Waals surface area contributed by atoms with Crippen LogP contribution in [0.1, 0.15) is 5.82 Å². The van der Waals surface area contributed by atoms with Gasteiger partial charge in [0.15, 0.2) is 0 Å². The lowest BCUT2D eigenvalue weighted by atomic mass is 10.6. The number of hydrogen-bond donors (Lipinski definition) is 1. The van der Waals surface area contributed by atoms with Crippen molar-refractivity contribution in [1.82, 2.24) is 4.98 Å². The van der Waals surface area contributed by atoms with Gasteiger partial charge in [-0.3, -0.25) is 0 Å². The molecule has 0 fully saturated rings. The van der Waals surface area contributed by atoms with Gasteiger partial charge >= 0.3 is 0 Å². The molecule has 0 radical (unpaired) electrons. The molecule has 0 saturated carbocycles. The Kier molecular flexibility index (Phi) is 2.81. The Morgan fingerprint density at radius 2 is 2.50 bits per heavy atom. The molecule has 0 unspecified atom stereocenters. The maximum Gasteiger partial charge on any atom is 0.251 e. The second-order valence-corrected chi connectivity index (χ2v) is 3.22. The van der Waals surface area contributed by atoms with Crippen LogP contribution in [0.15, 0.2) is 12.4 Å². The first kappa shape index (κ1) is 7.66. The van der Waals surface area contributed by atoms with E-state index in [-0.39, 0.29) is 0 Å². The predicted molar refractivity (Wildman–Crippen MR) is 44.1 cm³/mol. The second kappa shape index (κ2) is 3.66. The summed E-state index contributed by atoms with van der Waals surface area (Å²) in [5.41, 5.74) is 0. The zero-order valence-corrected chi connectivity index (χ0v) is 7.24. The van der Waals surface area contributed by atoms with Gasteiger partial charge in [0.25, 0.3) is 5.82 Å². The van der Waals surface area contributed by atoms with Crippen molar-refractivity contribution < 1.29 is 4.57 Å². The minimum atomic E-state index is 1.11. The Bertz CT molecular complexity index is 195. The maximum atomic E-state index is 3.13. The first-order chi connectivity index (χ1) is 4.84. The standard InChI is InChI=1S/C7H12N2S/c1-7-8-3-4-9(7)5-6-10-2/h3-4H,5-6H2,1-2H3/p+1. The van der Waals surface area contributed by atoms with Gasteiger partial charge in [0.05, 0.1) is 6.54 Å². The number of hydrogen-bond acceptors (Lipinski definition) is 1. The highest BCUT2D eigenvalue weighted by Gasteiger charge is 2.01. The van der Waals surface area contributed by atoms with Gasteiger partial charge in [-0.15, -0.1) is 0 Å². The van der Waals surface area contributed by atoms with Crippen molar-refractivity contribution in [2.24, 2.45) is 0 Å². The smallest absolute Gasteiger partial charge is 0.248 e. The molecule has 0 saturated heterocycles. The van der Waals surface area contributed by atoms with E-state index in [9.17, 15) is 0 Å². The van der Waals surface area contributed by atoms with Crippen molar-refractivity contribution in [3.8, 4) is 0 Å². The molecule has 0 aliphatic rings. The summed E-state index contributed by atoms with van der Waals surface area (Å²) in [5, 5.41) is 0. The Morgan fingerprint density at radius 1 is 1.70 bits per heavy atom. The fraction of sp³-hybridized carbons (Fsp3) is 0.571. The Labute approximate surface area is 65.7 Å². The number of thioether (sulfide) groups is 1. The molecule has 1 rings (SSSR count). The molecule has 1 N–H and O–H groups in total. The molecule has 0 bridgehead atoms. The van der Waals surface area contributed by atoms with Crippen molar-refractivity contribution >= 4 is 11.8 Å². The molecule has 0 amide bonds. The number of aromatic nitrogens is 2. The van der Waals surface area contributed by atoms with E-state index >= 15 is 0 Å². The van der Waals surface area contributed by atoms with E-state index in [1.807, 2.05) is 18.0 Å². The Hall–Kier alpha value is -0.440. The first-order valence-corrected chi connectivity index (χ1v) is 4.76. The summed E-state index contributed by atoms with van der Waals surface area (Å²) in [6.07, 6.45) is 6.17. The third-order valence-electron chi connectivity index (χ3n) is 1.51. The highest BCUT2D eigenvalue weighted by atomic mass is 32.2. The summed E-state index contributed by atoms with van der Waals surface area (Å²) >= 11 is 1.87.